The van der Waals surface area contributed by atoms with Crippen LogP contribution in [0.25, 0.3) is 10.9 Å². The number of amides is 1. The Morgan fingerprint density at radius 1 is 1.07 bits per heavy atom. The molecule has 0 aliphatic heterocycles. The van der Waals surface area contributed by atoms with Gasteiger partial charge in [0.2, 0.25) is 5.91 Å². The quantitative estimate of drug-likeness (QED) is 0.758. The average Bonchev–Trinajstić information content (AvgIpc) is 2.72. The van der Waals surface area contributed by atoms with Crippen molar-refractivity contribution < 1.29 is 4.79 Å². The Morgan fingerprint density at radius 2 is 1.82 bits per heavy atom. The van der Waals surface area contributed by atoms with Gasteiger partial charge < -0.3 is 5.32 Å². The molecule has 1 fully saturated rings. The van der Waals surface area contributed by atoms with Crippen LogP contribution in [0.4, 0.5) is 0 Å². The predicted molar refractivity (Wildman–Crippen MR) is 110 cm³/mol. The predicted octanol–water partition coefficient (Wildman–Crippen LogP) is 3.55. The van der Waals surface area contributed by atoms with Gasteiger partial charge in [-0.05, 0) is 55.7 Å². The first-order valence-electron chi connectivity index (χ1n) is 9.91. The minimum atomic E-state index is -0.170. The van der Waals surface area contributed by atoms with E-state index in [0.29, 0.717) is 16.8 Å². The third-order valence-electron chi connectivity index (χ3n) is 5.73. The van der Waals surface area contributed by atoms with Crippen LogP contribution in [-0.4, -0.2) is 21.5 Å². The molecule has 1 saturated carbocycles. The van der Waals surface area contributed by atoms with E-state index in [1.165, 1.54) is 16.5 Å². The summed E-state index contributed by atoms with van der Waals surface area (Å²) in [5.74, 6) is 0.448. The van der Waals surface area contributed by atoms with Crippen LogP contribution in [0, 0.1) is 6.92 Å². The number of nitrogens with zero attached hydrogens (tertiary/aromatic N) is 2. The van der Waals surface area contributed by atoms with Crippen molar-refractivity contribution in [2.24, 2.45) is 0 Å². The van der Waals surface area contributed by atoms with Gasteiger partial charge in [0.1, 0.15) is 6.54 Å². The van der Waals surface area contributed by atoms with Crippen molar-refractivity contribution in [2.45, 2.75) is 51.1 Å². The number of carbonyl (C=O) groups is 1. The zero-order valence-corrected chi connectivity index (χ0v) is 16.1. The standard InChI is InChI=1S/C23H25N3O2/c1-16-6-5-9-20-22(16)24-15-26(23(20)28)14-21(27)25-19-12-10-18(11-13-19)17-7-3-2-4-8-17/h2-9,15,18-19H,10-14H2,1H3,(H,25,27). The number of benzene rings is 2. The maximum atomic E-state index is 12.7. The Labute approximate surface area is 164 Å². The lowest BCUT2D eigenvalue weighted by Crippen LogP contribution is -2.40. The van der Waals surface area contributed by atoms with E-state index >= 15 is 0 Å². The molecule has 1 amide bonds. The highest BCUT2D eigenvalue weighted by atomic mass is 16.2. The highest BCUT2D eigenvalue weighted by molar-refractivity contribution is 5.81. The monoisotopic (exact) mass is 375 g/mol. The molecule has 0 spiro atoms. The number of rotatable bonds is 4. The van der Waals surface area contributed by atoms with Crippen LogP contribution in [0.2, 0.25) is 0 Å². The maximum Gasteiger partial charge on any atom is 0.261 e. The van der Waals surface area contributed by atoms with Gasteiger partial charge in [0, 0.05) is 6.04 Å². The van der Waals surface area contributed by atoms with Crippen LogP contribution in [0.1, 0.15) is 42.7 Å². The third-order valence-corrected chi connectivity index (χ3v) is 5.73. The fourth-order valence-corrected chi connectivity index (χ4v) is 4.17. The van der Waals surface area contributed by atoms with E-state index < -0.39 is 0 Å². The van der Waals surface area contributed by atoms with Crippen LogP contribution in [-0.2, 0) is 11.3 Å². The number of hydrogen-bond donors (Lipinski definition) is 1. The highest BCUT2D eigenvalue weighted by Crippen LogP contribution is 2.32. The minimum Gasteiger partial charge on any atom is -0.352 e. The summed E-state index contributed by atoms with van der Waals surface area (Å²) in [6.45, 7) is 1.94. The number of nitrogens with one attached hydrogen (secondary N) is 1. The van der Waals surface area contributed by atoms with E-state index in [4.69, 9.17) is 0 Å². The summed E-state index contributed by atoms with van der Waals surface area (Å²) in [5.41, 5.74) is 2.87. The summed E-state index contributed by atoms with van der Waals surface area (Å²) in [5, 5.41) is 3.65. The van der Waals surface area contributed by atoms with Crippen LogP contribution >= 0.6 is 0 Å². The topological polar surface area (TPSA) is 64.0 Å². The molecule has 1 aliphatic rings. The van der Waals surface area contributed by atoms with E-state index in [2.05, 4.69) is 34.6 Å². The van der Waals surface area contributed by atoms with Crippen LogP contribution < -0.4 is 10.9 Å². The average molecular weight is 375 g/mol. The molecule has 2 aromatic carbocycles. The van der Waals surface area contributed by atoms with Gasteiger partial charge in [-0.15, -0.1) is 0 Å². The first-order valence-corrected chi connectivity index (χ1v) is 9.91. The molecule has 0 atom stereocenters. The Bertz CT molecular complexity index is 1030. The lowest BCUT2D eigenvalue weighted by molar-refractivity contribution is -0.122. The minimum absolute atomic E-state index is 0.00826. The highest BCUT2D eigenvalue weighted by Gasteiger charge is 2.23. The Kier molecular flexibility index (Phi) is 5.24. The zero-order valence-electron chi connectivity index (χ0n) is 16.1. The summed E-state index contributed by atoms with van der Waals surface area (Å²) < 4.78 is 1.40. The summed E-state index contributed by atoms with van der Waals surface area (Å²) in [7, 11) is 0. The van der Waals surface area contributed by atoms with E-state index in [9.17, 15) is 9.59 Å². The normalized spacial score (nSPS) is 19.5. The smallest absolute Gasteiger partial charge is 0.261 e. The van der Waals surface area contributed by atoms with Crippen LogP contribution in [0.15, 0.2) is 59.7 Å². The lowest BCUT2D eigenvalue weighted by Gasteiger charge is -2.29. The Hall–Kier alpha value is -2.95. The van der Waals surface area contributed by atoms with Gasteiger partial charge in [-0.1, -0.05) is 42.5 Å². The largest absolute Gasteiger partial charge is 0.352 e. The first kappa shape index (κ1) is 18.4. The SMILES string of the molecule is Cc1cccc2c(=O)n(CC(=O)NC3CCC(c4ccccc4)CC3)cnc12. The van der Waals surface area contributed by atoms with Gasteiger partial charge in [0.25, 0.3) is 5.56 Å². The van der Waals surface area contributed by atoms with Crippen molar-refractivity contribution in [1.29, 1.82) is 0 Å². The van der Waals surface area contributed by atoms with Gasteiger partial charge in [-0.25, -0.2) is 4.98 Å². The van der Waals surface area contributed by atoms with Crippen molar-refractivity contribution in [3.63, 3.8) is 0 Å². The molecule has 0 bridgehead atoms. The summed E-state index contributed by atoms with van der Waals surface area (Å²) in [4.78, 5) is 29.5. The van der Waals surface area contributed by atoms with Gasteiger partial charge in [-0.2, -0.15) is 0 Å². The second-order valence-electron chi connectivity index (χ2n) is 7.68. The summed E-state index contributed by atoms with van der Waals surface area (Å²) in [6.07, 6.45) is 5.56. The van der Waals surface area contributed by atoms with Gasteiger partial charge >= 0.3 is 0 Å². The van der Waals surface area contributed by atoms with E-state index in [-0.39, 0.29) is 24.1 Å². The molecule has 4 rings (SSSR count). The van der Waals surface area contributed by atoms with Gasteiger partial charge in [-0.3, -0.25) is 14.2 Å². The lowest BCUT2D eigenvalue weighted by atomic mass is 9.82. The van der Waals surface area contributed by atoms with E-state index in [1.54, 1.807) is 6.07 Å². The number of para-hydroxylation sites is 1. The number of aromatic nitrogens is 2. The Balaban J connectivity index is 1.37. The van der Waals surface area contributed by atoms with Crippen LogP contribution in [0.3, 0.4) is 0 Å². The number of fused-ring (bicyclic) bond motifs is 1. The second-order valence-corrected chi connectivity index (χ2v) is 7.68. The molecule has 0 radical (unpaired) electrons. The zero-order chi connectivity index (χ0) is 19.5. The van der Waals surface area contributed by atoms with Crippen molar-refractivity contribution >= 4 is 16.8 Å². The molecule has 0 saturated heterocycles. The number of carbonyl (C=O) groups excluding carboxylic acids is 1. The second kappa shape index (κ2) is 7.97. The molecule has 1 aliphatic carbocycles. The molecule has 1 heterocycles. The fourth-order valence-electron chi connectivity index (χ4n) is 4.17. The van der Waals surface area contributed by atoms with Gasteiger partial charge in [0.05, 0.1) is 17.2 Å². The molecule has 0 unspecified atom stereocenters. The summed E-state index contributed by atoms with van der Waals surface area (Å²) >= 11 is 0. The molecule has 28 heavy (non-hydrogen) atoms. The molecule has 1 N–H and O–H groups in total. The van der Waals surface area contributed by atoms with Crippen molar-refractivity contribution in [1.82, 2.24) is 14.9 Å². The maximum absolute atomic E-state index is 12.7. The molecular weight excluding hydrogens is 350 g/mol. The fraction of sp³-hybridized carbons (Fsp3) is 0.348. The first-order chi connectivity index (χ1) is 13.6. The molecule has 5 heteroatoms. The number of aryl methyl sites for hydroxylation is 1. The van der Waals surface area contributed by atoms with E-state index in [1.807, 2.05) is 25.1 Å². The molecule has 5 nitrogen and oxygen atoms in total. The van der Waals surface area contributed by atoms with Crippen molar-refractivity contribution in [3.05, 3.63) is 76.3 Å². The molecule has 144 valence electrons. The van der Waals surface area contributed by atoms with Crippen LogP contribution in [0.5, 0.6) is 0 Å². The molecule has 3 aromatic rings. The third kappa shape index (κ3) is 3.84. The van der Waals surface area contributed by atoms with E-state index in [0.717, 1.165) is 31.2 Å². The molecule has 1 aromatic heterocycles. The number of hydrogen-bond acceptors (Lipinski definition) is 3. The summed E-state index contributed by atoms with van der Waals surface area (Å²) in [6, 6.07) is 16.3. The van der Waals surface area contributed by atoms with Crippen molar-refractivity contribution in [2.75, 3.05) is 0 Å². The molecular formula is C23H25N3O2. The van der Waals surface area contributed by atoms with Crippen molar-refractivity contribution in [3.8, 4) is 0 Å². The Morgan fingerprint density at radius 3 is 2.57 bits per heavy atom. The van der Waals surface area contributed by atoms with Gasteiger partial charge in [0.15, 0.2) is 0 Å².